The minimum absolute atomic E-state index is 0.0140. The van der Waals surface area contributed by atoms with Gasteiger partial charge in [-0.25, -0.2) is 9.18 Å². The Kier molecular flexibility index (Phi) is 5.89. The van der Waals surface area contributed by atoms with Crippen LogP contribution in [-0.4, -0.2) is 52.4 Å². The number of nitrogens with zero attached hydrogens (tertiary/aromatic N) is 2. The van der Waals surface area contributed by atoms with Gasteiger partial charge in [0.1, 0.15) is 11.9 Å². The minimum atomic E-state index is -1.26. The van der Waals surface area contributed by atoms with E-state index in [0.29, 0.717) is 4.47 Å². The number of hydrogen-bond donors (Lipinski definition) is 3. The third-order valence-electron chi connectivity index (χ3n) is 4.64. The molecule has 0 spiro atoms. The molecule has 0 saturated carbocycles. The quantitative estimate of drug-likeness (QED) is 0.629. The van der Waals surface area contributed by atoms with E-state index in [-0.39, 0.29) is 30.0 Å². The molecule has 1 aromatic heterocycles. The molecule has 1 aliphatic heterocycles. The molecule has 154 valence electrons. The van der Waals surface area contributed by atoms with Crippen LogP contribution in [0.15, 0.2) is 39.7 Å². The molecule has 2 heterocycles. The summed E-state index contributed by atoms with van der Waals surface area (Å²) in [5.74, 6) is -1.45. The molecule has 4 N–H and O–H groups in total. The van der Waals surface area contributed by atoms with Gasteiger partial charge in [0.05, 0.1) is 29.7 Å². The summed E-state index contributed by atoms with van der Waals surface area (Å²) in [6.07, 6.45) is -0.0592. The normalized spacial score (nSPS) is 18.7. The molecule has 0 unspecified atom stereocenters. The van der Waals surface area contributed by atoms with Gasteiger partial charge in [0.15, 0.2) is 0 Å². The summed E-state index contributed by atoms with van der Waals surface area (Å²) in [5.41, 5.74) is 5.19. The number of amides is 2. The third kappa shape index (κ3) is 4.25. The van der Waals surface area contributed by atoms with Crippen LogP contribution >= 0.6 is 15.9 Å². The molecule has 0 aliphatic carbocycles. The van der Waals surface area contributed by atoms with Crippen LogP contribution in [0.5, 0.6) is 0 Å². The number of halogens is 2. The molecule has 3 rings (SSSR count). The first kappa shape index (κ1) is 20.8. The van der Waals surface area contributed by atoms with E-state index >= 15 is 0 Å². The molecule has 1 aliphatic rings. The smallest absolute Gasteiger partial charge is 0.408 e. The van der Waals surface area contributed by atoms with Gasteiger partial charge in [0.25, 0.3) is 5.56 Å². The molecule has 0 bridgehead atoms. The maximum Gasteiger partial charge on any atom is 0.408 e. The van der Waals surface area contributed by atoms with Crippen molar-refractivity contribution in [1.82, 2.24) is 9.47 Å². The van der Waals surface area contributed by atoms with E-state index in [4.69, 9.17) is 10.5 Å². The lowest BCUT2D eigenvalue weighted by Gasteiger charge is -2.20. The summed E-state index contributed by atoms with van der Waals surface area (Å²) >= 11 is 3.22. The number of likely N-dealkylation sites (tertiary alicyclic amines) is 1. The van der Waals surface area contributed by atoms with E-state index in [1.54, 1.807) is 0 Å². The molecule has 0 radical (unpaired) electrons. The molecule has 29 heavy (non-hydrogen) atoms. The van der Waals surface area contributed by atoms with E-state index in [1.165, 1.54) is 36.1 Å². The van der Waals surface area contributed by atoms with E-state index in [2.05, 4.69) is 21.2 Å². The number of pyridine rings is 1. The maximum absolute atomic E-state index is 14.6. The Morgan fingerprint density at radius 2 is 2.10 bits per heavy atom. The fourth-order valence-electron chi connectivity index (χ4n) is 3.16. The van der Waals surface area contributed by atoms with Crippen LogP contribution in [0.2, 0.25) is 0 Å². The Bertz CT molecular complexity index is 1030. The molecule has 1 saturated heterocycles. The highest BCUT2D eigenvalue weighted by molar-refractivity contribution is 9.10. The van der Waals surface area contributed by atoms with E-state index < -0.39 is 35.5 Å². The number of hydrogen-bond acceptors (Lipinski definition) is 5. The second kappa shape index (κ2) is 8.21. The number of ether oxygens (including phenoxy) is 1. The lowest BCUT2D eigenvalue weighted by Crippen LogP contribution is -2.42. The average molecular weight is 469 g/mol. The standard InChI is InChI=1S/C18H18BrFN4O5/c1-29-11-6-15(24(8-11)18(27)28)16(25)22-14-3-2-10(5-12(14)20)23-7-9(19)4-13(21)17(23)26/h2-5,7,11,15H,6,8,21H2,1H3,(H,22,25)(H,27,28)/t11-,15-/m1/s1. The van der Waals surface area contributed by atoms with Gasteiger partial charge < -0.3 is 20.9 Å². The molecule has 1 aromatic carbocycles. The number of nitrogen functional groups attached to an aromatic ring is 1. The lowest BCUT2D eigenvalue weighted by molar-refractivity contribution is -0.120. The number of carbonyl (C=O) groups excluding carboxylic acids is 1. The van der Waals surface area contributed by atoms with Crippen LogP contribution in [0.3, 0.4) is 0 Å². The van der Waals surface area contributed by atoms with Crippen molar-refractivity contribution in [3.05, 3.63) is 51.1 Å². The number of carboxylic acid groups (broad SMARTS) is 1. The monoisotopic (exact) mass is 468 g/mol. The Hall–Kier alpha value is -2.92. The predicted molar refractivity (Wildman–Crippen MR) is 107 cm³/mol. The first-order chi connectivity index (χ1) is 13.7. The van der Waals surface area contributed by atoms with Crippen molar-refractivity contribution in [2.24, 2.45) is 0 Å². The molecule has 2 amide bonds. The molecule has 11 heteroatoms. The number of rotatable bonds is 4. The predicted octanol–water partition coefficient (Wildman–Crippen LogP) is 2.03. The van der Waals surface area contributed by atoms with Crippen molar-refractivity contribution >= 4 is 39.3 Å². The van der Waals surface area contributed by atoms with E-state index in [0.717, 1.165) is 11.0 Å². The number of carbonyl (C=O) groups is 2. The first-order valence-corrected chi connectivity index (χ1v) is 9.31. The summed E-state index contributed by atoms with van der Waals surface area (Å²) in [6, 6.07) is 4.24. The van der Waals surface area contributed by atoms with Crippen LogP contribution in [0.4, 0.5) is 20.6 Å². The van der Waals surface area contributed by atoms with E-state index in [1.807, 2.05) is 0 Å². The zero-order valence-electron chi connectivity index (χ0n) is 15.3. The molecule has 1 fully saturated rings. The Balaban J connectivity index is 1.84. The summed E-state index contributed by atoms with van der Waals surface area (Å²) in [6.45, 7) is 0.0541. The number of nitrogens with one attached hydrogen (secondary N) is 1. The van der Waals surface area contributed by atoms with E-state index in [9.17, 15) is 23.9 Å². The third-order valence-corrected chi connectivity index (χ3v) is 5.08. The summed E-state index contributed by atoms with van der Waals surface area (Å²) in [4.78, 5) is 37.0. The second-order valence-corrected chi connectivity index (χ2v) is 7.40. The fraction of sp³-hybridized carbons (Fsp3) is 0.278. The lowest BCUT2D eigenvalue weighted by atomic mass is 10.1. The number of aromatic nitrogens is 1. The Labute approximate surface area is 173 Å². The van der Waals surface area contributed by atoms with Crippen LogP contribution < -0.4 is 16.6 Å². The Morgan fingerprint density at radius 3 is 2.72 bits per heavy atom. The largest absolute Gasteiger partial charge is 0.465 e. The zero-order chi connectivity index (χ0) is 21.3. The average Bonchev–Trinajstić information content (AvgIpc) is 3.11. The molecule has 2 atom stereocenters. The first-order valence-electron chi connectivity index (χ1n) is 8.52. The van der Waals surface area contributed by atoms with Crippen LogP contribution in [0.25, 0.3) is 5.69 Å². The molecule has 9 nitrogen and oxygen atoms in total. The molecule has 2 aromatic rings. The van der Waals surface area contributed by atoms with Crippen LogP contribution in [0.1, 0.15) is 6.42 Å². The van der Waals surface area contributed by atoms with Gasteiger partial charge >= 0.3 is 6.09 Å². The number of methoxy groups -OCH3 is 1. The van der Waals surface area contributed by atoms with Gasteiger partial charge in [0, 0.05) is 30.3 Å². The van der Waals surface area contributed by atoms with Gasteiger partial charge in [-0.1, -0.05) is 0 Å². The van der Waals surface area contributed by atoms with Gasteiger partial charge in [-0.2, -0.15) is 0 Å². The Morgan fingerprint density at radius 1 is 1.38 bits per heavy atom. The highest BCUT2D eigenvalue weighted by Gasteiger charge is 2.40. The van der Waals surface area contributed by atoms with Gasteiger partial charge in [-0.15, -0.1) is 0 Å². The molecular weight excluding hydrogens is 451 g/mol. The highest BCUT2D eigenvalue weighted by atomic mass is 79.9. The second-order valence-electron chi connectivity index (χ2n) is 6.49. The zero-order valence-corrected chi connectivity index (χ0v) is 16.8. The van der Waals surface area contributed by atoms with Crippen molar-refractivity contribution in [3.63, 3.8) is 0 Å². The van der Waals surface area contributed by atoms with Gasteiger partial charge in [-0.3, -0.25) is 19.1 Å². The molecular formula is C18H18BrFN4O5. The minimum Gasteiger partial charge on any atom is -0.465 e. The topological polar surface area (TPSA) is 127 Å². The van der Waals surface area contributed by atoms with Crippen LogP contribution in [-0.2, 0) is 9.53 Å². The van der Waals surface area contributed by atoms with Crippen molar-refractivity contribution in [2.75, 3.05) is 24.7 Å². The number of nitrogens with two attached hydrogens (primary N) is 1. The fourth-order valence-corrected chi connectivity index (χ4v) is 3.61. The van der Waals surface area contributed by atoms with Crippen molar-refractivity contribution in [2.45, 2.75) is 18.6 Å². The number of benzene rings is 1. The number of anilines is 2. The highest BCUT2D eigenvalue weighted by Crippen LogP contribution is 2.24. The van der Waals surface area contributed by atoms with Crippen molar-refractivity contribution in [3.8, 4) is 5.69 Å². The maximum atomic E-state index is 14.6. The SMILES string of the molecule is CO[C@@H]1C[C@H](C(=O)Nc2ccc(-n3cc(Br)cc(N)c3=O)cc2F)N(C(=O)O)C1. The van der Waals surface area contributed by atoms with Crippen LogP contribution in [0, 0.1) is 5.82 Å². The van der Waals surface area contributed by atoms with Crippen molar-refractivity contribution in [1.29, 1.82) is 0 Å². The summed E-state index contributed by atoms with van der Waals surface area (Å²) in [5, 5.41) is 11.7. The van der Waals surface area contributed by atoms with Gasteiger partial charge in [-0.05, 0) is 34.1 Å². The summed E-state index contributed by atoms with van der Waals surface area (Å²) < 4.78 is 21.4. The van der Waals surface area contributed by atoms with Crippen molar-refractivity contribution < 1.29 is 23.8 Å². The summed E-state index contributed by atoms with van der Waals surface area (Å²) in [7, 11) is 1.43. The van der Waals surface area contributed by atoms with Gasteiger partial charge in [0.2, 0.25) is 5.91 Å².